The fourth-order valence-electron chi connectivity index (χ4n) is 5.17. The van der Waals surface area contributed by atoms with Gasteiger partial charge in [-0.2, -0.15) is 0 Å². The topological polar surface area (TPSA) is 83.5 Å². The molecule has 0 aromatic heterocycles. The molecule has 0 aromatic carbocycles. The number of Topliss-reactive ketones (excluding diaryl/α,β-unsaturated/α-hetero) is 1. The van der Waals surface area contributed by atoms with Crippen LogP contribution in [0, 0.1) is 5.92 Å². The summed E-state index contributed by atoms with van der Waals surface area (Å²) < 4.78 is 249. The van der Waals surface area contributed by atoms with E-state index in [4.69, 9.17) is 0 Å². The van der Waals surface area contributed by atoms with Crippen molar-refractivity contribution in [1.82, 2.24) is 0 Å². The average molecular weight is 937 g/mol. The van der Waals surface area contributed by atoms with Crippen molar-refractivity contribution in [2.45, 2.75) is 197 Å². The standard InChI is InChI=1S/C22H42O3.C10F19O.C3H7O.Al/c1-3-4-5-6-7-8-9-10-11-12-13-14-15-16-17-18-19-21(20(2)23)22(24)25;11-2(12,1-30)3(13,14)4(15,16)5(17,18)6(19,20)7(21,22)8(23,24)9(25,26)10(27,28)29;1-3(2)4;/h21H,3-19H2,1-2H3,(H,24,25);;3H,1-2H3;/q;;-1;+2/p-1. The number of alkyl halides is 19. The van der Waals surface area contributed by atoms with E-state index >= 15 is 0 Å². The molecule has 0 spiro atoms. The van der Waals surface area contributed by atoms with Crippen molar-refractivity contribution < 1.29 is 107 Å². The minimum Gasteiger partial charge on any atom is -0.549 e. The SMILES string of the molecule is CC(C)[O][Al+][C](=O)C(F)(F)C(F)(F)C(F)(F)C(F)(F)C(F)(F)C(F)(F)C(F)(F)C(F)(F)C(F)(F)F.CCCCCCCCCCCCCCCCCCC(C(C)=O)C(=O)[O-]. The quantitative estimate of drug-likeness (QED) is 0.0310. The summed E-state index contributed by atoms with van der Waals surface area (Å²) >= 11 is -3.17. The van der Waals surface area contributed by atoms with Gasteiger partial charge in [-0.1, -0.05) is 110 Å². The molecule has 0 radical (unpaired) electrons. The van der Waals surface area contributed by atoms with E-state index in [-0.39, 0.29) is 5.78 Å². The van der Waals surface area contributed by atoms with Crippen molar-refractivity contribution in [3.63, 3.8) is 0 Å². The number of ketones is 1. The molecule has 0 saturated heterocycles. The molecule has 0 aliphatic carbocycles. The number of carbonyl (C=O) groups excluding carboxylic acids is 3. The smallest absolute Gasteiger partial charge is 0.138 e. The first-order valence-electron chi connectivity index (χ1n) is 18.8. The predicted octanol–water partition coefficient (Wildman–Crippen LogP) is 11.8. The summed E-state index contributed by atoms with van der Waals surface area (Å²) in [6.07, 6.45) is 12.0. The first-order valence-corrected chi connectivity index (χ1v) is 19.8. The van der Waals surface area contributed by atoms with E-state index in [0.29, 0.717) is 6.42 Å². The fraction of sp³-hybridized carbons (Fsp3) is 0.914. The Hall–Kier alpha value is -2.03. The Morgan fingerprint density at radius 2 is 0.767 bits per heavy atom. The minimum atomic E-state index is -9.01. The van der Waals surface area contributed by atoms with Crippen LogP contribution >= 0.6 is 0 Å². The van der Waals surface area contributed by atoms with Gasteiger partial charge in [0.15, 0.2) is 0 Å². The average Bonchev–Trinajstić information content (AvgIpc) is 3.10. The molecule has 0 N–H and O–H groups in total. The van der Waals surface area contributed by atoms with Crippen molar-refractivity contribution in [1.29, 1.82) is 0 Å². The van der Waals surface area contributed by atoms with Gasteiger partial charge in [-0.25, -0.2) is 0 Å². The molecule has 354 valence electrons. The molecule has 0 aliphatic rings. The predicted molar refractivity (Wildman–Crippen MR) is 176 cm³/mol. The molecule has 25 heteroatoms. The molecule has 1 atom stereocenters. The van der Waals surface area contributed by atoms with Crippen LogP contribution in [0.5, 0.6) is 0 Å². The first kappa shape index (κ1) is 60.1. The van der Waals surface area contributed by atoms with Crippen LogP contribution < -0.4 is 5.11 Å². The van der Waals surface area contributed by atoms with Gasteiger partial charge in [-0.15, -0.1) is 0 Å². The number of halogens is 19. The van der Waals surface area contributed by atoms with Crippen LogP contribution in [0.1, 0.15) is 137 Å². The summed E-state index contributed by atoms with van der Waals surface area (Å²) in [5, 5.41) is 10.8. The Labute approximate surface area is 340 Å². The summed E-state index contributed by atoms with van der Waals surface area (Å²) in [4.78, 5) is 33.0. The molecule has 0 bridgehead atoms. The van der Waals surface area contributed by atoms with Crippen LogP contribution in [-0.2, 0) is 18.2 Å². The molecular formula is C35H48AlF19O5. The van der Waals surface area contributed by atoms with Crippen LogP contribution in [0.2, 0.25) is 0 Å². The zero-order valence-electron chi connectivity index (χ0n) is 33.0. The van der Waals surface area contributed by atoms with Crippen molar-refractivity contribution >= 4 is 32.0 Å². The second-order valence-corrected chi connectivity index (χ2v) is 15.4. The van der Waals surface area contributed by atoms with Crippen LogP contribution in [0.4, 0.5) is 83.4 Å². The van der Waals surface area contributed by atoms with E-state index in [0.717, 1.165) is 33.1 Å². The third kappa shape index (κ3) is 14.8. The normalized spacial score (nSPS) is 14.4. The maximum absolute atomic E-state index is 13.6. The van der Waals surface area contributed by atoms with Crippen LogP contribution in [0.15, 0.2) is 0 Å². The summed E-state index contributed by atoms with van der Waals surface area (Å²) in [6.45, 7) is 5.44. The van der Waals surface area contributed by atoms with Gasteiger partial charge in [0.25, 0.3) is 0 Å². The van der Waals surface area contributed by atoms with Gasteiger partial charge in [-0.3, -0.25) is 4.79 Å². The Kier molecular flexibility index (Phi) is 24.2. The van der Waals surface area contributed by atoms with Crippen molar-refractivity contribution in [3.8, 4) is 0 Å². The monoisotopic (exact) mass is 936 g/mol. The number of aliphatic carboxylic acids is 1. The van der Waals surface area contributed by atoms with Crippen LogP contribution in [-0.4, -0.2) is 91.6 Å². The number of hydrogen-bond donors (Lipinski definition) is 0. The summed E-state index contributed by atoms with van der Waals surface area (Å²) in [5.74, 6) is -70.4. The summed E-state index contributed by atoms with van der Waals surface area (Å²) in [6, 6.07) is 0. The maximum atomic E-state index is 13.6. The Balaban J connectivity index is 0. The summed E-state index contributed by atoms with van der Waals surface area (Å²) in [5.41, 5.74) is 0. The fourth-order valence-corrected chi connectivity index (χ4v) is 5.90. The van der Waals surface area contributed by atoms with Gasteiger partial charge in [0.05, 0.1) is 11.9 Å². The van der Waals surface area contributed by atoms with Crippen LogP contribution in [0.25, 0.3) is 0 Å². The molecule has 0 heterocycles. The zero-order valence-corrected chi connectivity index (χ0v) is 34.1. The van der Waals surface area contributed by atoms with E-state index in [1.807, 2.05) is 0 Å². The minimum absolute atomic E-state index is 0.277. The molecule has 0 fully saturated rings. The van der Waals surface area contributed by atoms with Gasteiger partial charge in [0.1, 0.15) is 5.78 Å². The molecule has 1 unspecified atom stereocenters. The molecule has 5 nitrogen and oxygen atoms in total. The van der Waals surface area contributed by atoms with E-state index in [9.17, 15) is 103 Å². The number of carboxylic acid groups (broad SMARTS) is 1. The number of rotatable bonds is 30. The van der Waals surface area contributed by atoms with Gasteiger partial charge in [0, 0.05) is 0 Å². The maximum Gasteiger partial charge on any atom is 0.138 e. The Morgan fingerprint density at radius 1 is 0.483 bits per heavy atom. The van der Waals surface area contributed by atoms with E-state index in [1.54, 1.807) is 0 Å². The van der Waals surface area contributed by atoms with Crippen molar-refractivity contribution in [3.05, 3.63) is 0 Å². The third-order valence-corrected chi connectivity index (χ3v) is 10.3. The molecule has 0 aromatic rings. The first-order chi connectivity index (χ1) is 26.9. The van der Waals surface area contributed by atoms with Gasteiger partial charge < -0.3 is 9.90 Å². The Morgan fingerprint density at radius 3 is 1.03 bits per heavy atom. The van der Waals surface area contributed by atoms with E-state index < -0.39 is 91.7 Å². The van der Waals surface area contributed by atoms with Gasteiger partial charge in [0.2, 0.25) is 0 Å². The number of hydrogen-bond acceptors (Lipinski definition) is 5. The van der Waals surface area contributed by atoms with Gasteiger partial charge >= 0.3 is 186 Å². The molecule has 60 heavy (non-hydrogen) atoms. The van der Waals surface area contributed by atoms with Crippen molar-refractivity contribution in [2.24, 2.45) is 5.92 Å². The molecule has 0 saturated carbocycles. The zero-order chi connectivity index (χ0) is 47.8. The molecule has 0 aliphatic heterocycles. The van der Waals surface area contributed by atoms with E-state index in [2.05, 4.69) is 10.7 Å². The number of unbranched alkanes of at least 4 members (excludes halogenated alkanes) is 15. The molecule has 0 rings (SSSR count). The molecule has 0 amide bonds. The number of carboxylic acids is 1. The number of carbonyl (C=O) groups is 3. The third-order valence-electron chi connectivity index (χ3n) is 8.99. The molecular weight excluding hydrogens is 888 g/mol. The Bertz CT molecular complexity index is 1290. The van der Waals surface area contributed by atoms with Crippen LogP contribution in [0.3, 0.4) is 0 Å². The second kappa shape index (κ2) is 24.1. The largest absolute Gasteiger partial charge is 0.549 e. The van der Waals surface area contributed by atoms with Crippen molar-refractivity contribution in [2.75, 3.05) is 0 Å². The summed E-state index contributed by atoms with van der Waals surface area (Å²) in [7, 11) is 0. The second-order valence-electron chi connectivity index (χ2n) is 14.3. The van der Waals surface area contributed by atoms with Gasteiger partial charge in [-0.05, 0) is 13.3 Å². The van der Waals surface area contributed by atoms with E-state index in [1.165, 1.54) is 90.4 Å².